The molecule has 28 heavy (non-hydrogen) atoms. The summed E-state index contributed by atoms with van der Waals surface area (Å²) < 4.78 is 1.77. The molecule has 2 aromatic carbocycles. The summed E-state index contributed by atoms with van der Waals surface area (Å²) in [5.41, 5.74) is 10.6. The van der Waals surface area contributed by atoms with Crippen molar-refractivity contribution in [2.75, 3.05) is 18.8 Å². The first-order chi connectivity index (χ1) is 13.7. The van der Waals surface area contributed by atoms with Crippen LogP contribution in [-0.2, 0) is 13.1 Å². The number of H-pyrrole nitrogens is 1. The van der Waals surface area contributed by atoms with Crippen molar-refractivity contribution in [3.05, 3.63) is 70.1 Å². The highest BCUT2D eigenvalue weighted by molar-refractivity contribution is 6.06. The number of aromatic amines is 1. The number of nitrogens with two attached hydrogens (primary N) is 1. The highest BCUT2D eigenvalue weighted by Crippen LogP contribution is 2.26. The number of hydrogen-bond donors (Lipinski definition) is 2. The lowest BCUT2D eigenvalue weighted by molar-refractivity contribution is 0.331. The van der Waals surface area contributed by atoms with Gasteiger partial charge in [-0.05, 0) is 43.1 Å². The van der Waals surface area contributed by atoms with Crippen LogP contribution in [0.1, 0.15) is 24.0 Å². The molecule has 0 amide bonds. The maximum atomic E-state index is 12.7. The van der Waals surface area contributed by atoms with Crippen LogP contribution in [0.3, 0.4) is 0 Å². The van der Waals surface area contributed by atoms with Crippen LogP contribution < -0.4 is 11.4 Å². The number of fused-ring (bicyclic) bond motifs is 3. The summed E-state index contributed by atoms with van der Waals surface area (Å²) in [6, 6.07) is 16.3. The van der Waals surface area contributed by atoms with E-state index in [1.807, 2.05) is 24.3 Å². The van der Waals surface area contributed by atoms with Crippen molar-refractivity contribution in [3.8, 4) is 0 Å². The van der Waals surface area contributed by atoms with Crippen LogP contribution in [0.4, 0.5) is 5.82 Å². The Morgan fingerprint density at radius 1 is 1.00 bits per heavy atom. The zero-order valence-electron chi connectivity index (χ0n) is 15.7. The van der Waals surface area contributed by atoms with Gasteiger partial charge in [0.25, 0.3) is 0 Å². The normalized spacial score (nSPS) is 15.0. The highest BCUT2D eigenvalue weighted by atomic mass is 16.1. The Morgan fingerprint density at radius 3 is 2.57 bits per heavy atom. The van der Waals surface area contributed by atoms with Gasteiger partial charge >= 0.3 is 5.69 Å². The minimum absolute atomic E-state index is 0.162. The zero-order valence-corrected chi connectivity index (χ0v) is 15.7. The predicted octanol–water partition coefficient (Wildman–Crippen LogP) is 3.10. The average Bonchev–Trinajstić information content (AvgIpc) is 3.31. The van der Waals surface area contributed by atoms with Crippen molar-refractivity contribution in [2.24, 2.45) is 0 Å². The molecule has 1 saturated heterocycles. The fourth-order valence-corrected chi connectivity index (χ4v) is 4.25. The number of likely N-dealkylation sites (tertiary alicyclic amines) is 1. The van der Waals surface area contributed by atoms with Crippen molar-refractivity contribution in [2.45, 2.75) is 25.9 Å². The molecule has 1 fully saturated rings. The fraction of sp³-hybridized carbons (Fsp3) is 0.273. The second-order valence-electron chi connectivity index (χ2n) is 7.56. The fourth-order valence-electron chi connectivity index (χ4n) is 4.25. The summed E-state index contributed by atoms with van der Waals surface area (Å²) in [5, 5.41) is 0.929. The molecule has 0 unspecified atom stereocenters. The molecule has 0 bridgehead atoms. The van der Waals surface area contributed by atoms with E-state index in [9.17, 15) is 4.79 Å². The van der Waals surface area contributed by atoms with Crippen molar-refractivity contribution < 1.29 is 0 Å². The molecule has 1 aliphatic rings. The highest BCUT2D eigenvalue weighted by Gasteiger charge is 2.15. The molecule has 5 rings (SSSR count). The molecular weight excluding hydrogens is 350 g/mol. The summed E-state index contributed by atoms with van der Waals surface area (Å²) in [6.07, 6.45) is 2.57. The quantitative estimate of drug-likeness (QED) is 0.576. The largest absolute Gasteiger partial charge is 0.382 e. The van der Waals surface area contributed by atoms with Gasteiger partial charge in [0.1, 0.15) is 11.3 Å². The second kappa shape index (κ2) is 6.80. The third-order valence-corrected chi connectivity index (χ3v) is 5.58. The van der Waals surface area contributed by atoms with Gasteiger partial charge in [-0.2, -0.15) is 0 Å². The maximum absolute atomic E-state index is 12.7. The molecule has 6 nitrogen and oxygen atoms in total. The van der Waals surface area contributed by atoms with Crippen molar-refractivity contribution in [3.63, 3.8) is 0 Å². The Labute approximate surface area is 162 Å². The third-order valence-electron chi connectivity index (χ3n) is 5.58. The molecule has 1 aliphatic heterocycles. The number of hydrogen-bond acceptors (Lipinski definition) is 4. The van der Waals surface area contributed by atoms with Gasteiger partial charge in [0, 0.05) is 11.9 Å². The number of nitrogens with one attached hydrogen (secondary N) is 1. The van der Waals surface area contributed by atoms with E-state index in [2.05, 4.69) is 39.1 Å². The lowest BCUT2D eigenvalue weighted by atomic mass is 10.1. The predicted molar refractivity (Wildman–Crippen MR) is 112 cm³/mol. The Morgan fingerprint density at radius 2 is 1.75 bits per heavy atom. The van der Waals surface area contributed by atoms with E-state index in [4.69, 9.17) is 5.73 Å². The zero-order chi connectivity index (χ0) is 19.1. The van der Waals surface area contributed by atoms with Crippen molar-refractivity contribution in [1.82, 2.24) is 19.4 Å². The first kappa shape index (κ1) is 17.0. The van der Waals surface area contributed by atoms with Crippen molar-refractivity contribution >= 4 is 27.8 Å². The van der Waals surface area contributed by atoms with Gasteiger partial charge in [-0.3, -0.25) is 9.47 Å². The Kier molecular flexibility index (Phi) is 4.13. The lowest BCUT2D eigenvalue weighted by Gasteiger charge is -2.15. The van der Waals surface area contributed by atoms with E-state index in [0.29, 0.717) is 17.9 Å². The number of rotatable bonds is 4. The topological polar surface area (TPSA) is 79.9 Å². The summed E-state index contributed by atoms with van der Waals surface area (Å²) >= 11 is 0. The van der Waals surface area contributed by atoms with Gasteiger partial charge in [-0.1, -0.05) is 42.5 Å². The van der Waals surface area contributed by atoms with E-state index >= 15 is 0 Å². The smallest absolute Gasteiger partial charge is 0.326 e. The second-order valence-corrected chi connectivity index (χ2v) is 7.56. The number of aromatic nitrogens is 3. The number of nitrogen functional groups attached to an aromatic ring is 1. The molecule has 2 aromatic heterocycles. The molecule has 0 atom stereocenters. The monoisotopic (exact) mass is 373 g/mol. The van der Waals surface area contributed by atoms with Gasteiger partial charge in [-0.25, -0.2) is 9.78 Å². The Hall–Kier alpha value is -3.12. The van der Waals surface area contributed by atoms with Gasteiger partial charge in [0.05, 0.1) is 17.6 Å². The number of para-hydroxylation sites is 1. The van der Waals surface area contributed by atoms with E-state index in [0.717, 1.165) is 28.5 Å². The van der Waals surface area contributed by atoms with Crippen LogP contribution in [0.15, 0.2) is 53.3 Å². The number of anilines is 1. The maximum Gasteiger partial charge on any atom is 0.326 e. The van der Waals surface area contributed by atoms with E-state index in [1.54, 1.807) is 4.57 Å². The minimum atomic E-state index is -0.162. The van der Waals surface area contributed by atoms with E-state index < -0.39 is 0 Å². The number of nitrogens with zero attached hydrogens (tertiary/aromatic N) is 3. The molecule has 3 N–H and O–H groups in total. The lowest BCUT2D eigenvalue weighted by Crippen LogP contribution is -2.19. The average molecular weight is 373 g/mol. The van der Waals surface area contributed by atoms with Crippen LogP contribution >= 0.6 is 0 Å². The molecule has 4 aromatic rings. The van der Waals surface area contributed by atoms with Gasteiger partial charge in [0.15, 0.2) is 0 Å². The SMILES string of the molecule is Nc1nc2ccccc2c2c1[nH]c(=O)n2Cc1cccc(CN2CCCC2)c1. The number of imidazole rings is 1. The third kappa shape index (κ3) is 2.96. The summed E-state index contributed by atoms with van der Waals surface area (Å²) in [7, 11) is 0. The summed E-state index contributed by atoms with van der Waals surface area (Å²) in [5.74, 6) is 0.354. The van der Waals surface area contributed by atoms with Crippen LogP contribution in [0.5, 0.6) is 0 Å². The molecule has 0 spiro atoms. The van der Waals surface area contributed by atoms with Crippen LogP contribution in [-0.4, -0.2) is 32.5 Å². The van der Waals surface area contributed by atoms with Gasteiger partial charge in [-0.15, -0.1) is 0 Å². The molecule has 0 radical (unpaired) electrons. The molecule has 6 heteroatoms. The van der Waals surface area contributed by atoms with Gasteiger partial charge < -0.3 is 10.7 Å². The van der Waals surface area contributed by atoms with E-state index in [1.165, 1.54) is 31.5 Å². The molecular formula is C22H23N5O. The van der Waals surface area contributed by atoms with Crippen LogP contribution in [0, 0.1) is 0 Å². The van der Waals surface area contributed by atoms with Crippen molar-refractivity contribution in [1.29, 1.82) is 0 Å². The summed E-state index contributed by atoms with van der Waals surface area (Å²) in [4.78, 5) is 22.5. The standard InChI is InChI=1S/C22H23N5O/c23-21-19-20(17-8-1-2-9-18(17)24-21)27(22(28)25-19)14-16-7-5-6-15(12-16)13-26-10-3-4-11-26/h1-2,5-9,12H,3-4,10-11,13-14H2,(H2,23,24)(H,25,28). The number of benzene rings is 2. The van der Waals surface area contributed by atoms with Crippen LogP contribution in [0.2, 0.25) is 0 Å². The molecule has 142 valence electrons. The van der Waals surface area contributed by atoms with Gasteiger partial charge in [0.2, 0.25) is 0 Å². The Balaban J connectivity index is 1.57. The number of pyridine rings is 1. The molecule has 3 heterocycles. The first-order valence-electron chi connectivity index (χ1n) is 9.76. The first-order valence-corrected chi connectivity index (χ1v) is 9.76. The minimum Gasteiger partial charge on any atom is -0.382 e. The van der Waals surface area contributed by atoms with Crippen LogP contribution in [0.25, 0.3) is 21.9 Å². The van der Waals surface area contributed by atoms with E-state index in [-0.39, 0.29) is 5.69 Å². The Bertz CT molecular complexity index is 1220. The summed E-state index contributed by atoms with van der Waals surface area (Å²) in [6.45, 7) is 3.81. The molecule has 0 aliphatic carbocycles. The molecule has 0 saturated carbocycles.